The lowest BCUT2D eigenvalue weighted by Crippen LogP contribution is -2.32. The van der Waals surface area contributed by atoms with E-state index in [9.17, 15) is 0 Å². The molecule has 3 nitrogen and oxygen atoms in total. The van der Waals surface area contributed by atoms with E-state index in [-0.39, 0.29) is 18.2 Å². The fraction of sp³-hybridized carbons (Fsp3) is 1.00. The molecule has 0 aromatic rings. The van der Waals surface area contributed by atoms with Crippen molar-refractivity contribution in [1.82, 2.24) is 5.32 Å². The van der Waals surface area contributed by atoms with Gasteiger partial charge in [-0.25, -0.2) is 0 Å². The molecule has 1 heterocycles. The molecule has 1 fully saturated rings. The van der Waals surface area contributed by atoms with Gasteiger partial charge in [0.1, 0.15) is 0 Å². The molecule has 54 valence electrons. The van der Waals surface area contributed by atoms with Gasteiger partial charge in [-0.15, -0.1) is 0 Å². The average Bonchev–Trinajstić information content (AvgIpc) is 2.14. The minimum absolute atomic E-state index is 0.0972. The SMILES string of the molecule is C[C@H](O)[C@@H]1C[C@@H](O)CN1. The van der Waals surface area contributed by atoms with Gasteiger partial charge in [-0.05, 0) is 13.3 Å². The van der Waals surface area contributed by atoms with Crippen LogP contribution in [0.2, 0.25) is 0 Å². The summed E-state index contributed by atoms with van der Waals surface area (Å²) in [6.07, 6.45) is 0.0734. The third-order valence-corrected chi connectivity index (χ3v) is 1.72. The summed E-state index contributed by atoms with van der Waals surface area (Å²) in [5.74, 6) is 0. The molecule has 0 aromatic carbocycles. The van der Waals surface area contributed by atoms with Crippen LogP contribution >= 0.6 is 0 Å². The number of aliphatic hydroxyl groups excluding tert-OH is 2. The Balaban J connectivity index is 2.30. The molecular formula is C6H13NO2. The summed E-state index contributed by atoms with van der Waals surface area (Å²) >= 11 is 0. The number of hydrogen-bond acceptors (Lipinski definition) is 3. The Hall–Kier alpha value is -0.120. The molecule has 0 bridgehead atoms. The Labute approximate surface area is 54.7 Å². The van der Waals surface area contributed by atoms with Crippen molar-refractivity contribution in [3.8, 4) is 0 Å². The van der Waals surface area contributed by atoms with E-state index in [1.54, 1.807) is 6.92 Å². The van der Waals surface area contributed by atoms with Crippen LogP contribution < -0.4 is 5.32 Å². The highest BCUT2D eigenvalue weighted by Crippen LogP contribution is 2.08. The van der Waals surface area contributed by atoms with Gasteiger partial charge in [-0.2, -0.15) is 0 Å². The molecule has 0 aromatic heterocycles. The monoisotopic (exact) mass is 131 g/mol. The van der Waals surface area contributed by atoms with Crippen LogP contribution in [0, 0.1) is 0 Å². The second kappa shape index (κ2) is 2.64. The molecule has 0 spiro atoms. The van der Waals surface area contributed by atoms with Crippen molar-refractivity contribution in [2.24, 2.45) is 0 Å². The van der Waals surface area contributed by atoms with Crippen molar-refractivity contribution < 1.29 is 10.2 Å². The van der Waals surface area contributed by atoms with Crippen LogP contribution in [0.25, 0.3) is 0 Å². The second-order valence-corrected chi connectivity index (χ2v) is 2.64. The van der Waals surface area contributed by atoms with Crippen LogP contribution in [0.4, 0.5) is 0 Å². The number of aliphatic hydroxyl groups is 2. The smallest absolute Gasteiger partial charge is 0.0680 e. The number of rotatable bonds is 1. The first-order chi connectivity index (χ1) is 4.20. The van der Waals surface area contributed by atoms with Crippen LogP contribution in [0.15, 0.2) is 0 Å². The molecule has 0 saturated carbocycles. The van der Waals surface area contributed by atoms with Gasteiger partial charge in [0.25, 0.3) is 0 Å². The largest absolute Gasteiger partial charge is 0.392 e. The van der Waals surface area contributed by atoms with E-state index in [4.69, 9.17) is 10.2 Å². The summed E-state index contributed by atoms with van der Waals surface area (Å²) in [6, 6.07) is 0.0972. The Morgan fingerprint density at radius 3 is 2.56 bits per heavy atom. The van der Waals surface area contributed by atoms with Crippen molar-refractivity contribution in [2.75, 3.05) is 6.54 Å². The Kier molecular flexibility index (Phi) is 2.05. The molecule has 3 N–H and O–H groups in total. The van der Waals surface area contributed by atoms with Gasteiger partial charge >= 0.3 is 0 Å². The lowest BCUT2D eigenvalue weighted by Gasteiger charge is -2.11. The zero-order valence-corrected chi connectivity index (χ0v) is 5.54. The van der Waals surface area contributed by atoms with Crippen LogP contribution in [0.5, 0.6) is 0 Å². The molecule has 0 unspecified atom stereocenters. The van der Waals surface area contributed by atoms with E-state index >= 15 is 0 Å². The van der Waals surface area contributed by atoms with Gasteiger partial charge in [-0.1, -0.05) is 0 Å². The van der Waals surface area contributed by atoms with E-state index in [1.807, 2.05) is 0 Å². The summed E-state index contributed by atoms with van der Waals surface area (Å²) in [6.45, 7) is 2.35. The minimum atomic E-state index is -0.345. The molecule has 0 amide bonds. The quantitative estimate of drug-likeness (QED) is 0.432. The van der Waals surface area contributed by atoms with Crippen molar-refractivity contribution in [1.29, 1.82) is 0 Å². The van der Waals surface area contributed by atoms with Gasteiger partial charge in [-0.3, -0.25) is 0 Å². The molecule has 0 aliphatic carbocycles. The molecule has 1 aliphatic heterocycles. The van der Waals surface area contributed by atoms with Crippen LogP contribution in [-0.4, -0.2) is 35.0 Å². The first kappa shape index (κ1) is 6.99. The standard InChI is InChI=1S/C6H13NO2/c1-4(8)6-2-5(9)3-7-6/h4-9H,2-3H2,1H3/t4-,5+,6-/m0/s1. The highest BCUT2D eigenvalue weighted by Gasteiger charge is 2.24. The first-order valence-corrected chi connectivity index (χ1v) is 3.29. The summed E-state index contributed by atoms with van der Waals surface area (Å²) < 4.78 is 0. The fourth-order valence-electron chi connectivity index (χ4n) is 1.11. The lowest BCUT2D eigenvalue weighted by molar-refractivity contribution is 0.139. The molecule has 9 heavy (non-hydrogen) atoms. The van der Waals surface area contributed by atoms with Crippen molar-refractivity contribution in [3.05, 3.63) is 0 Å². The van der Waals surface area contributed by atoms with Crippen LogP contribution in [-0.2, 0) is 0 Å². The third kappa shape index (κ3) is 1.64. The van der Waals surface area contributed by atoms with Crippen molar-refractivity contribution in [2.45, 2.75) is 31.6 Å². The highest BCUT2D eigenvalue weighted by molar-refractivity contribution is 4.84. The molecule has 0 radical (unpaired) electrons. The third-order valence-electron chi connectivity index (χ3n) is 1.72. The molecule has 3 heteroatoms. The Morgan fingerprint density at radius 1 is 1.67 bits per heavy atom. The van der Waals surface area contributed by atoms with Crippen molar-refractivity contribution >= 4 is 0 Å². The van der Waals surface area contributed by atoms with E-state index in [1.165, 1.54) is 0 Å². The maximum atomic E-state index is 9.00. The topological polar surface area (TPSA) is 52.5 Å². The minimum Gasteiger partial charge on any atom is -0.392 e. The zero-order chi connectivity index (χ0) is 6.85. The van der Waals surface area contributed by atoms with Gasteiger partial charge in [0.15, 0.2) is 0 Å². The summed E-state index contributed by atoms with van der Waals surface area (Å²) in [5.41, 5.74) is 0. The van der Waals surface area contributed by atoms with E-state index in [0.29, 0.717) is 13.0 Å². The van der Waals surface area contributed by atoms with Gasteiger partial charge in [0.2, 0.25) is 0 Å². The second-order valence-electron chi connectivity index (χ2n) is 2.64. The molecule has 3 atom stereocenters. The summed E-state index contributed by atoms with van der Waals surface area (Å²) in [4.78, 5) is 0. The average molecular weight is 131 g/mol. The number of β-amino-alcohol motifs (C(OH)–C–C–N with tert-alkyl or cyclic N) is 1. The summed E-state index contributed by atoms with van der Waals surface area (Å²) in [5, 5.41) is 21.0. The van der Waals surface area contributed by atoms with Crippen LogP contribution in [0.1, 0.15) is 13.3 Å². The maximum absolute atomic E-state index is 9.00. The Bertz CT molecular complexity index is 95.1. The molecule has 1 aliphatic rings. The van der Waals surface area contributed by atoms with Gasteiger partial charge in [0, 0.05) is 12.6 Å². The predicted molar refractivity (Wildman–Crippen MR) is 34.1 cm³/mol. The van der Waals surface area contributed by atoms with E-state index in [2.05, 4.69) is 5.32 Å². The highest BCUT2D eigenvalue weighted by atomic mass is 16.3. The first-order valence-electron chi connectivity index (χ1n) is 3.29. The van der Waals surface area contributed by atoms with Gasteiger partial charge < -0.3 is 15.5 Å². The maximum Gasteiger partial charge on any atom is 0.0680 e. The molecular weight excluding hydrogens is 118 g/mol. The van der Waals surface area contributed by atoms with E-state index < -0.39 is 0 Å². The normalized spacial score (nSPS) is 39.0. The number of hydrogen-bond donors (Lipinski definition) is 3. The lowest BCUT2D eigenvalue weighted by atomic mass is 10.1. The zero-order valence-electron chi connectivity index (χ0n) is 5.54. The van der Waals surface area contributed by atoms with Crippen molar-refractivity contribution in [3.63, 3.8) is 0 Å². The summed E-state index contributed by atoms with van der Waals surface area (Å²) in [7, 11) is 0. The van der Waals surface area contributed by atoms with Gasteiger partial charge in [0.05, 0.1) is 12.2 Å². The number of nitrogens with one attached hydrogen (secondary N) is 1. The van der Waals surface area contributed by atoms with Crippen LogP contribution in [0.3, 0.4) is 0 Å². The molecule has 1 rings (SSSR count). The predicted octanol–water partition coefficient (Wildman–Crippen LogP) is -0.910. The Morgan fingerprint density at radius 2 is 2.33 bits per heavy atom. The fourth-order valence-corrected chi connectivity index (χ4v) is 1.11. The van der Waals surface area contributed by atoms with E-state index in [0.717, 1.165) is 0 Å². The molecule has 1 saturated heterocycles.